The van der Waals surface area contributed by atoms with Crippen LogP contribution < -0.4 is 5.73 Å². The largest absolute Gasteiger partial charge is 0.419 e. The molecule has 2 unspecified atom stereocenters. The van der Waals surface area contributed by atoms with Gasteiger partial charge in [0.1, 0.15) is 5.82 Å². The lowest BCUT2D eigenvalue weighted by atomic mass is 9.93. The van der Waals surface area contributed by atoms with Crippen molar-refractivity contribution in [2.75, 3.05) is 6.61 Å². The van der Waals surface area contributed by atoms with Crippen LogP contribution in [-0.4, -0.2) is 12.7 Å². The molecule has 20 heavy (non-hydrogen) atoms. The van der Waals surface area contributed by atoms with Gasteiger partial charge >= 0.3 is 6.18 Å². The zero-order valence-corrected chi connectivity index (χ0v) is 11.7. The van der Waals surface area contributed by atoms with Crippen LogP contribution in [0, 0.1) is 11.7 Å². The number of benzene rings is 1. The van der Waals surface area contributed by atoms with Crippen LogP contribution in [0.3, 0.4) is 0 Å². The molecule has 0 aromatic heterocycles. The SMILES string of the molecule is CCOC(C(C)C)C(N)c1ccc(F)c(C(F)(F)F)c1. The molecule has 0 saturated heterocycles. The van der Waals surface area contributed by atoms with E-state index >= 15 is 0 Å². The second-order valence-corrected chi connectivity index (χ2v) is 4.93. The summed E-state index contributed by atoms with van der Waals surface area (Å²) in [4.78, 5) is 0. The standard InChI is InChI=1S/C14H19F4NO/c1-4-20-13(8(2)3)12(19)9-5-6-11(15)10(7-9)14(16,17)18/h5-8,12-13H,4,19H2,1-3H3. The molecule has 2 atom stereocenters. The molecule has 0 spiro atoms. The average molecular weight is 293 g/mol. The fourth-order valence-corrected chi connectivity index (χ4v) is 2.06. The lowest BCUT2D eigenvalue weighted by molar-refractivity contribution is -0.140. The van der Waals surface area contributed by atoms with Gasteiger partial charge in [0, 0.05) is 6.61 Å². The van der Waals surface area contributed by atoms with Crippen LogP contribution in [0.5, 0.6) is 0 Å². The van der Waals surface area contributed by atoms with Gasteiger partial charge in [-0.05, 0) is 30.5 Å². The van der Waals surface area contributed by atoms with E-state index in [4.69, 9.17) is 10.5 Å². The van der Waals surface area contributed by atoms with Gasteiger partial charge in [-0.25, -0.2) is 4.39 Å². The monoisotopic (exact) mass is 293 g/mol. The Balaban J connectivity index is 3.13. The quantitative estimate of drug-likeness (QED) is 0.835. The molecule has 0 amide bonds. The summed E-state index contributed by atoms with van der Waals surface area (Å²) in [6.45, 7) is 5.93. The molecule has 114 valence electrons. The van der Waals surface area contributed by atoms with Crippen molar-refractivity contribution >= 4 is 0 Å². The van der Waals surface area contributed by atoms with Gasteiger partial charge in [0.2, 0.25) is 0 Å². The minimum atomic E-state index is -4.74. The highest BCUT2D eigenvalue weighted by atomic mass is 19.4. The van der Waals surface area contributed by atoms with Crippen LogP contribution in [0.15, 0.2) is 18.2 Å². The van der Waals surface area contributed by atoms with E-state index in [0.717, 1.165) is 12.1 Å². The van der Waals surface area contributed by atoms with Gasteiger partial charge < -0.3 is 10.5 Å². The maximum Gasteiger partial charge on any atom is 0.419 e. The summed E-state index contributed by atoms with van der Waals surface area (Å²) in [5.74, 6) is -1.27. The van der Waals surface area contributed by atoms with Crippen molar-refractivity contribution in [3.8, 4) is 0 Å². The lowest BCUT2D eigenvalue weighted by Crippen LogP contribution is -2.33. The first-order chi connectivity index (χ1) is 9.18. The second-order valence-electron chi connectivity index (χ2n) is 4.93. The molecule has 0 bridgehead atoms. The smallest absolute Gasteiger partial charge is 0.376 e. The predicted octanol–water partition coefficient (Wildman–Crippen LogP) is 3.91. The Hall–Kier alpha value is -1.14. The molecule has 0 aliphatic heterocycles. The van der Waals surface area contributed by atoms with Gasteiger partial charge in [-0.2, -0.15) is 13.2 Å². The van der Waals surface area contributed by atoms with E-state index in [2.05, 4.69) is 0 Å². The van der Waals surface area contributed by atoms with Gasteiger partial charge in [0.15, 0.2) is 0 Å². The van der Waals surface area contributed by atoms with Crippen LogP contribution in [0.25, 0.3) is 0 Å². The van der Waals surface area contributed by atoms with Crippen molar-refractivity contribution in [2.45, 2.75) is 39.1 Å². The van der Waals surface area contributed by atoms with Crippen LogP contribution in [0.2, 0.25) is 0 Å². The van der Waals surface area contributed by atoms with Crippen molar-refractivity contribution in [1.29, 1.82) is 0 Å². The summed E-state index contributed by atoms with van der Waals surface area (Å²) in [5, 5.41) is 0. The third kappa shape index (κ3) is 3.93. The van der Waals surface area contributed by atoms with Crippen molar-refractivity contribution in [3.05, 3.63) is 35.1 Å². The molecule has 0 heterocycles. The summed E-state index contributed by atoms with van der Waals surface area (Å²) in [7, 11) is 0. The molecule has 0 aliphatic carbocycles. The summed E-state index contributed by atoms with van der Waals surface area (Å²) in [5.41, 5.74) is 4.89. The van der Waals surface area contributed by atoms with Gasteiger partial charge in [0.25, 0.3) is 0 Å². The zero-order valence-electron chi connectivity index (χ0n) is 11.7. The van der Waals surface area contributed by atoms with E-state index in [9.17, 15) is 17.6 Å². The number of ether oxygens (including phenoxy) is 1. The molecular formula is C14H19F4NO. The highest BCUT2D eigenvalue weighted by molar-refractivity contribution is 5.30. The zero-order chi connectivity index (χ0) is 15.5. The Kier molecular flexibility index (Phi) is 5.53. The van der Waals surface area contributed by atoms with Crippen molar-refractivity contribution < 1.29 is 22.3 Å². The first-order valence-corrected chi connectivity index (χ1v) is 6.42. The molecule has 0 fully saturated rings. The van der Waals surface area contributed by atoms with Gasteiger partial charge in [0.05, 0.1) is 17.7 Å². The number of nitrogens with two attached hydrogens (primary N) is 1. The molecule has 0 aliphatic rings. The first-order valence-electron chi connectivity index (χ1n) is 6.42. The van der Waals surface area contributed by atoms with Gasteiger partial charge in [-0.1, -0.05) is 19.9 Å². The Morgan fingerprint density at radius 2 is 1.85 bits per heavy atom. The molecule has 2 nitrogen and oxygen atoms in total. The van der Waals surface area contributed by atoms with Gasteiger partial charge in [-0.15, -0.1) is 0 Å². The van der Waals surface area contributed by atoms with E-state index in [1.807, 2.05) is 13.8 Å². The molecule has 1 aromatic rings. The number of alkyl halides is 3. The topological polar surface area (TPSA) is 35.2 Å². The number of rotatable bonds is 5. The minimum Gasteiger partial charge on any atom is -0.376 e. The molecular weight excluding hydrogens is 274 g/mol. The van der Waals surface area contributed by atoms with Crippen molar-refractivity contribution in [2.24, 2.45) is 11.7 Å². The molecule has 0 radical (unpaired) electrons. The maximum atomic E-state index is 13.2. The third-order valence-corrected chi connectivity index (χ3v) is 3.05. The van der Waals surface area contributed by atoms with E-state index < -0.39 is 29.7 Å². The molecule has 1 aromatic carbocycles. The summed E-state index contributed by atoms with van der Waals surface area (Å²) >= 11 is 0. The van der Waals surface area contributed by atoms with Crippen molar-refractivity contribution in [3.63, 3.8) is 0 Å². The molecule has 1 rings (SSSR count). The first kappa shape index (κ1) is 16.9. The van der Waals surface area contributed by atoms with Crippen molar-refractivity contribution in [1.82, 2.24) is 0 Å². The second kappa shape index (κ2) is 6.54. The number of hydrogen-bond acceptors (Lipinski definition) is 2. The van der Waals surface area contributed by atoms with Crippen LogP contribution in [0.4, 0.5) is 17.6 Å². The molecule has 6 heteroatoms. The van der Waals surface area contributed by atoms with E-state index in [-0.39, 0.29) is 11.5 Å². The van der Waals surface area contributed by atoms with Crippen LogP contribution >= 0.6 is 0 Å². The summed E-state index contributed by atoms with van der Waals surface area (Å²) < 4.78 is 56.8. The Morgan fingerprint density at radius 3 is 2.30 bits per heavy atom. The molecule has 0 saturated carbocycles. The van der Waals surface area contributed by atoms with Crippen LogP contribution in [-0.2, 0) is 10.9 Å². The third-order valence-electron chi connectivity index (χ3n) is 3.05. The Bertz CT molecular complexity index is 445. The average Bonchev–Trinajstić information content (AvgIpc) is 2.34. The normalized spacial score (nSPS) is 15.4. The Labute approximate surface area is 115 Å². The van der Waals surface area contributed by atoms with Crippen LogP contribution in [0.1, 0.15) is 37.9 Å². The highest BCUT2D eigenvalue weighted by Gasteiger charge is 2.35. The van der Waals surface area contributed by atoms with E-state index in [0.29, 0.717) is 6.61 Å². The summed E-state index contributed by atoms with van der Waals surface area (Å²) in [6.07, 6.45) is -5.16. The Morgan fingerprint density at radius 1 is 1.25 bits per heavy atom. The number of halogens is 4. The molecule has 2 N–H and O–H groups in total. The highest BCUT2D eigenvalue weighted by Crippen LogP contribution is 2.34. The predicted molar refractivity (Wildman–Crippen MR) is 68.6 cm³/mol. The van der Waals surface area contributed by atoms with Gasteiger partial charge in [-0.3, -0.25) is 0 Å². The van der Waals surface area contributed by atoms with E-state index in [1.54, 1.807) is 6.92 Å². The lowest BCUT2D eigenvalue weighted by Gasteiger charge is -2.28. The number of hydrogen-bond donors (Lipinski definition) is 1. The maximum absolute atomic E-state index is 13.2. The van der Waals surface area contributed by atoms with E-state index in [1.165, 1.54) is 6.07 Å². The fraction of sp³-hybridized carbons (Fsp3) is 0.571. The minimum absolute atomic E-state index is 0.0318. The fourth-order valence-electron chi connectivity index (χ4n) is 2.06. The summed E-state index contributed by atoms with van der Waals surface area (Å²) in [6, 6.07) is 2.08.